The van der Waals surface area contributed by atoms with Crippen molar-refractivity contribution in [3.63, 3.8) is 0 Å². The number of carbonyl (C=O) groups excluding carboxylic acids is 1. The fraction of sp³-hybridized carbons (Fsp3) is 0.318. The first-order valence-electron chi connectivity index (χ1n) is 10.2. The molecule has 0 saturated heterocycles. The Hall–Kier alpha value is -3.96. The normalized spacial score (nSPS) is 15.1. The van der Waals surface area contributed by atoms with Gasteiger partial charge in [0.05, 0.1) is 24.4 Å². The lowest BCUT2D eigenvalue weighted by atomic mass is 9.94. The summed E-state index contributed by atoms with van der Waals surface area (Å²) >= 11 is 0. The van der Waals surface area contributed by atoms with Crippen LogP contribution in [0, 0.1) is 6.92 Å². The van der Waals surface area contributed by atoms with Crippen LogP contribution in [0.2, 0.25) is 0 Å². The van der Waals surface area contributed by atoms with Gasteiger partial charge in [0.15, 0.2) is 6.61 Å². The third-order valence-corrected chi connectivity index (χ3v) is 5.05. The molecule has 4 rings (SSSR count). The first-order chi connectivity index (χ1) is 16.2. The molecule has 34 heavy (non-hydrogen) atoms. The van der Waals surface area contributed by atoms with Crippen molar-refractivity contribution in [2.24, 2.45) is 0 Å². The maximum atomic E-state index is 12.8. The second kappa shape index (κ2) is 9.49. The number of ether oxygens (including phenoxy) is 3. The quantitative estimate of drug-likeness (QED) is 0.580. The molecule has 1 amide bonds. The SMILES string of the molecule is COc1ncc(-c2cccc3c2C[C@H](NC(=O)c2cnc(OCC(F)(F)F)nc2C)CO3)cn1. The lowest BCUT2D eigenvalue weighted by molar-refractivity contribution is -0.154. The van der Waals surface area contributed by atoms with E-state index in [1.165, 1.54) is 14.0 Å². The van der Waals surface area contributed by atoms with Gasteiger partial charge in [0, 0.05) is 36.1 Å². The first-order valence-corrected chi connectivity index (χ1v) is 10.2. The van der Waals surface area contributed by atoms with Crippen molar-refractivity contribution in [3.05, 3.63) is 53.6 Å². The Morgan fingerprint density at radius 3 is 2.59 bits per heavy atom. The van der Waals surface area contributed by atoms with E-state index in [-0.39, 0.29) is 29.9 Å². The van der Waals surface area contributed by atoms with Gasteiger partial charge in [0.1, 0.15) is 12.4 Å². The highest BCUT2D eigenvalue weighted by Crippen LogP contribution is 2.34. The van der Waals surface area contributed by atoms with Gasteiger partial charge in [0.2, 0.25) is 0 Å². The predicted molar refractivity (Wildman–Crippen MR) is 113 cm³/mol. The van der Waals surface area contributed by atoms with Crippen LogP contribution in [0.3, 0.4) is 0 Å². The zero-order chi connectivity index (χ0) is 24.3. The summed E-state index contributed by atoms with van der Waals surface area (Å²) in [6.07, 6.45) is 0.401. The molecule has 1 aliphatic heterocycles. The highest BCUT2D eigenvalue weighted by Gasteiger charge is 2.29. The van der Waals surface area contributed by atoms with Crippen LogP contribution in [-0.4, -0.2) is 58.4 Å². The molecule has 0 spiro atoms. The number of benzene rings is 1. The van der Waals surface area contributed by atoms with E-state index in [2.05, 4.69) is 30.0 Å². The molecule has 12 heteroatoms. The number of rotatable bonds is 6. The van der Waals surface area contributed by atoms with Gasteiger partial charge in [-0.15, -0.1) is 0 Å². The van der Waals surface area contributed by atoms with Crippen molar-refractivity contribution >= 4 is 5.91 Å². The van der Waals surface area contributed by atoms with Gasteiger partial charge in [-0.1, -0.05) is 12.1 Å². The van der Waals surface area contributed by atoms with E-state index in [1.54, 1.807) is 12.4 Å². The van der Waals surface area contributed by atoms with E-state index in [1.807, 2.05) is 18.2 Å². The van der Waals surface area contributed by atoms with Crippen molar-refractivity contribution in [1.29, 1.82) is 0 Å². The number of aromatic nitrogens is 4. The Morgan fingerprint density at radius 2 is 1.91 bits per heavy atom. The number of fused-ring (bicyclic) bond motifs is 1. The maximum absolute atomic E-state index is 12.8. The predicted octanol–water partition coefficient (Wildman–Crippen LogP) is 2.93. The molecule has 3 heterocycles. The standard InChI is InChI=1S/C22H20F3N5O4/c1-12-17(9-28-21(29-12)34-11-22(23,24)25)19(31)30-14-6-16-15(4-3-5-18(16)33-10-14)13-7-26-20(32-2)27-8-13/h3-5,7-9,14H,6,10-11H2,1-2H3,(H,30,31)/t14-/m0/s1. The van der Waals surface area contributed by atoms with E-state index >= 15 is 0 Å². The minimum absolute atomic E-state index is 0.127. The van der Waals surface area contributed by atoms with Crippen molar-refractivity contribution in [2.45, 2.75) is 25.6 Å². The Kier molecular flexibility index (Phi) is 6.48. The number of hydrogen-bond donors (Lipinski definition) is 1. The third-order valence-electron chi connectivity index (χ3n) is 5.05. The van der Waals surface area contributed by atoms with Crippen LogP contribution in [0.5, 0.6) is 17.8 Å². The Bertz CT molecular complexity index is 1190. The number of hydrogen-bond acceptors (Lipinski definition) is 8. The molecule has 0 bridgehead atoms. The minimum Gasteiger partial charge on any atom is -0.491 e. The lowest BCUT2D eigenvalue weighted by Gasteiger charge is -2.28. The van der Waals surface area contributed by atoms with Crippen LogP contribution < -0.4 is 19.5 Å². The van der Waals surface area contributed by atoms with Gasteiger partial charge >= 0.3 is 18.2 Å². The Labute approximate surface area is 192 Å². The monoisotopic (exact) mass is 475 g/mol. The maximum Gasteiger partial charge on any atom is 0.422 e. The Morgan fingerprint density at radius 1 is 1.18 bits per heavy atom. The van der Waals surface area contributed by atoms with Gasteiger partial charge in [-0.3, -0.25) is 4.79 Å². The van der Waals surface area contributed by atoms with Crippen LogP contribution in [0.15, 0.2) is 36.8 Å². The second-order valence-corrected chi connectivity index (χ2v) is 7.48. The fourth-order valence-corrected chi connectivity index (χ4v) is 3.48. The summed E-state index contributed by atoms with van der Waals surface area (Å²) in [7, 11) is 1.48. The zero-order valence-electron chi connectivity index (χ0n) is 18.2. The number of methoxy groups -OCH3 is 1. The molecule has 3 aromatic rings. The molecule has 0 fully saturated rings. The first kappa shape index (κ1) is 23.2. The fourth-order valence-electron chi connectivity index (χ4n) is 3.48. The summed E-state index contributed by atoms with van der Waals surface area (Å²) < 4.78 is 52.3. The number of nitrogens with zero attached hydrogens (tertiary/aromatic N) is 4. The topological polar surface area (TPSA) is 108 Å². The van der Waals surface area contributed by atoms with E-state index in [4.69, 9.17) is 9.47 Å². The van der Waals surface area contributed by atoms with Gasteiger partial charge in [-0.2, -0.15) is 18.2 Å². The van der Waals surface area contributed by atoms with Crippen molar-refractivity contribution in [3.8, 4) is 28.9 Å². The number of alkyl halides is 3. The number of aryl methyl sites for hydroxylation is 1. The van der Waals surface area contributed by atoms with Crippen LogP contribution in [-0.2, 0) is 6.42 Å². The summed E-state index contributed by atoms with van der Waals surface area (Å²) in [5, 5.41) is 2.87. The van der Waals surface area contributed by atoms with E-state index in [9.17, 15) is 18.0 Å². The molecule has 1 atom stereocenters. The molecule has 9 nitrogen and oxygen atoms in total. The second-order valence-electron chi connectivity index (χ2n) is 7.48. The Balaban J connectivity index is 1.47. The highest BCUT2D eigenvalue weighted by molar-refractivity contribution is 5.95. The molecule has 1 aliphatic rings. The molecule has 0 radical (unpaired) electrons. The van der Waals surface area contributed by atoms with Gasteiger partial charge in [0.25, 0.3) is 5.91 Å². The minimum atomic E-state index is -4.51. The molecular weight excluding hydrogens is 455 g/mol. The van der Waals surface area contributed by atoms with E-state index in [0.717, 1.165) is 22.9 Å². The van der Waals surface area contributed by atoms with E-state index < -0.39 is 24.7 Å². The van der Waals surface area contributed by atoms with Gasteiger partial charge in [-0.05, 0) is 18.6 Å². The molecule has 0 aliphatic carbocycles. The van der Waals surface area contributed by atoms with Crippen molar-refractivity contribution in [2.75, 3.05) is 20.3 Å². The zero-order valence-corrected chi connectivity index (χ0v) is 18.2. The molecule has 0 unspecified atom stereocenters. The molecule has 0 saturated carbocycles. The molecular formula is C22H20F3N5O4. The van der Waals surface area contributed by atoms with Crippen LogP contribution in [0.25, 0.3) is 11.1 Å². The average Bonchev–Trinajstić information content (AvgIpc) is 2.82. The summed E-state index contributed by atoms with van der Waals surface area (Å²) in [5.74, 6) is 0.228. The van der Waals surface area contributed by atoms with Crippen LogP contribution >= 0.6 is 0 Å². The number of amides is 1. The summed E-state index contributed by atoms with van der Waals surface area (Å²) in [6.45, 7) is 0.220. The average molecular weight is 475 g/mol. The summed E-state index contributed by atoms with van der Waals surface area (Å²) in [5.41, 5.74) is 2.84. The number of carbonyl (C=O) groups is 1. The highest BCUT2D eigenvalue weighted by atomic mass is 19.4. The van der Waals surface area contributed by atoms with Gasteiger partial charge < -0.3 is 19.5 Å². The molecule has 1 N–H and O–H groups in total. The van der Waals surface area contributed by atoms with Gasteiger partial charge in [-0.25, -0.2) is 15.0 Å². The summed E-state index contributed by atoms with van der Waals surface area (Å²) in [4.78, 5) is 28.6. The largest absolute Gasteiger partial charge is 0.491 e. The molecule has 2 aromatic heterocycles. The number of halogens is 3. The smallest absolute Gasteiger partial charge is 0.422 e. The van der Waals surface area contributed by atoms with Crippen LogP contribution in [0.1, 0.15) is 21.6 Å². The lowest BCUT2D eigenvalue weighted by Crippen LogP contribution is -2.43. The third kappa shape index (κ3) is 5.33. The molecule has 178 valence electrons. The van der Waals surface area contributed by atoms with Crippen LogP contribution in [0.4, 0.5) is 13.2 Å². The van der Waals surface area contributed by atoms with E-state index in [0.29, 0.717) is 12.2 Å². The van der Waals surface area contributed by atoms with Crippen molar-refractivity contribution < 1.29 is 32.2 Å². The molecule has 1 aromatic carbocycles. The number of nitrogens with one attached hydrogen (secondary N) is 1. The summed E-state index contributed by atoms with van der Waals surface area (Å²) in [6, 6.07) is 5.06. The van der Waals surface area contributed by atoms with Crippen molar-refractivity contribution in [1.82, 2.24) is 25.3 Å².